The van der Waals surface area contributed by atoms with E-state index in [4.69, 9.17) is 9.26 Å². The molecule has 0 fully saturated rings. The smallest absolute Gasteiger partial charge is 0.341 e. The molecule has 1 amide bonds. The number of amides is 1. The minimum atomic E-state index is -3.39. The Morgan fingerprint density at radius 1 is 1.15 bits per heavy atom. The third kappa shape index (κ3) is 8.14. The van der Waals surface area contributed by atoms with Crippen molar-refractivity contribution in [3.05, 3.63) is 63.7 Å². The fourth-order valence-corrected chi connectivity index (χ4v) is 5.54. The summed E-state index contributed by atoms with van der Waals surface area (Å²) in [6.45, 7) is 2.52. The number of carbonyl (C=O) groups is 1. The van der Waals surface area contributed by atoms with Crippen LogP contribution in [0.1, 0.15) is 28.9 Å². The van der Waals surface area contributed by atoms with Crippen molar-refractivity contribution in [1.29, 1.82) is 0 Å². The quantitative estimate of drug-likeness (QED) is 0.135. The van der Waals surface area contributed by atoms with Gasteiger partial charge in [-0.2, -0.15) is 0 Å². The van der Waals surface area contributed by atoms with Gasteiger partial charge < -0.3 is 9.64 Å². The highest BCUT2D eigenvalue weighted by molar-refractivity contribution is 9.09. The molecule has 0 radical (unpaired) electrons. The lowest BCUT2D eigenvalue weighted by Crippen LogP contribution is -2.27. The molecule has 0 bridgehead atoms. The second-order valence-corrected chi connectivity index (χ2v) is 10.8. The van der Waals surface area contributed by atoms with E-state index < -0.39 is 18.7 Å². The number of benzene rings is 2. The molecule has 13 heteroatoms. The Morgan fingerprint density at radius 2 is 1.79 bits per heavy atom. The van der Waals surface area contributed by atoms with Gasteiger partial charge in [-0.3, -0.25) is 24.0 Å². The predicted molar refractivity (Wildman–Crippen MR) is 138 cm³/mol. The molecule has 186 valence electrons. The second kappa shape index (κ2) is 13.3. The molecule has 34 heavy (non-hydrogen) atoms. The molecular weight excluding hydrogens is 595 g/mol. The van der Waals surface area contributed by atoms with Crippen molar-refractivity contribution < 1.29 is 23.5 Å². The van der Waals surface area contributed by atoms with E-state index in [1.165, 1.54) is 29.2 Å². The first-order chi connectivity index (χ1) is 16.1. The number of hydrogen-bond acceptors (Lipinski definition) is 6. The van der Waals surface area contributed by atoms with Crippen molar-refractivity contribution in [3.8, 4) is 11.5 Å². The van der Waals surface area contributed by atoms with Crippen LogP contribution in [0.4, 0.5) is 5.69 Å². The molecule has 0 heterocycles. The number of alkyl halides is 2. The summed E-state index contributed by atoms with van der Waals surface area (Å²) in [5, 5.41) is 18.5. The highest BCUT2D eigenvalue weighted by Crippen LogP contribution is 2.44. The molecule has 0 aliphatic carbocycles. The number of ether oxygens (including phenoxy) is 1. The minimum Gasteiger partial charge on any atom is -0.450 e. The summed E-state index contributed by atoms with van der Waals surface area (Å²) in [5.41, 5.74) is 0.663. The highest BCUT2D eigenvalue weighted by atomic mass is 79.9. The average Bonchev–Trinajstić information content (AvgIpc) is 2.81. The topological polar surface area (TPSA) is 123 Å². The number of hydrogen-bond donors (Lipinski definition) is 2. The molecule has 0 spiro atoms. The van der Waals surface area contributed by atoms with E-state index in [2.05, 4.69) is 42.0 Å². The third-order valence-electron chi connectivity index (χ3n) is 4.50. The Balaban J connectivity index is 2.34. The van der Waals surface area contributed by atoms with Crippen molar-refractivity contribution in [3.63, 3.8) is 0 Å². The molecule has 0 aromatic heterocycles. The number of nitrogens with zero attached hydrogens (tertiary/aromatic N) is 2. The number of nitrogens with one attached hydrogen (secondary N) is 2. The fraction of sp³-hybridized carbons (Fsp3) is 0.381. The molecule has 2 rings (SSSR count). The summed E-state index contributed by atoms with van der Waals surface area (Å²) in [6, 6.07) is 10.7. The van der Waals surface area contributed by atoms with E-state index >= 15 is 0 Å². The van der Waals surface area contributed by atoms with Gasteiger partial charge in [-0.15, -0.1) is 0 Å². The SMILES string of the molecule is CC(OP(=O)(NCCBr)NCCBr)c1ccc([N+](=O)[O-])c(Oc2cccc(C(=O)N(C)C)c2)c1. The lowest BCUT2D eigenvalue weighted by atomic mass is 10.1. The zero-order valence-corrected chi connectivity index (χ0v) is 23.1. The predicted octanol–water partition coefficient (Wildman–Crippen LogP) is 5.24. The van der Waals surface area contributed by atoms with E-state index in [1.54, 1.807) is 39.2 Å². The van der Waals surface area contributed by atoms with Gasteiger partial charge in [-0.25, -0.2) is 10.2 Å². The van der Waals surface area contributed by atoms with Crippen LogP contribution in [-0.4, -0.2) is 53.6 Å². The van der Waals surface area contributed by atoms with Crippen LogP contribution in [0.15, 0.2) is 42.5 Å². The molecule has 0 aliphatic heterocycles. The van der Waals surface area contributed by atoms with Crippen molar-refractivity contribution in [2.24, 2.45) is 0 Å². The number of halogens is 2. The van der Waals surface area contributed by atoms with E-state index in [-0.39, 0.29) is 23.1 Å². The van der Waals surface area contributed by atoms with E-state index in [1.807, 2.05) is 0 Å². The lowest BCUT2D eigenvalue weighted by Gasteiger charge is -2.24. The maximum Gasteiger partial charge on any atom is 0.341 e. The molecule has 0 aliphatic rings. The molecule has 1 unspecified atom stereocenters. The van der Waals surface area contributed by atoms with E-state index in [9.17, 15) is 19.5 Å². The van der Waals surface area contributed by atoms with Crippen LogP contribution < -0.4 is 14.9 Å². The van der Waals surface area contributed by atoms with Crippen LogP contribution in [0, 0.1) is 10.1 Å². The van der Waals surface area contributed by atoms with Crippen LogP contribution in [0.3, 0.4) is 0 Å². The molecule has 2 N–H and O–H groups in total. The summed E-state index contributed by atoms with van der Waals surface area (Å²) in [6.07, 6.45) is -0.679. The summed E-state index contributed by atoms with van der Waals surface area (Å²) >= 11 is 6.57. The Morgan fingerprint density at radius 3 is 2.35 bits per heavy atom. The summed E-state index contributed by atoms with van der Waals surface area (Å²) in [4.78, 5) is 24.7. The number of carbonyl (C=O) groups excluding carboxylic acids is 1. The largest absolute Gasteiger partial charge is 0.450 e. The van der Waals surface area contributed by atoms with Crippen LogP contribution in [0.5, 0.6) is 11.5 Å². The number of nitro benzene ring substituents is 1. The number of nitro groups is 1. The van der Waals surface area contributed by atoms with Crippen molar-refractivity contribution in [2.45, 2.75) is 13.0 Å². The van der Waals surface area contributed by atoms with Gasteiger partial charge in [0, 0.05) is 49.5 Å². The van der Waals surface area contributed by atoms with Crippen molar-refractivity contribution >= 4 is 51.1 Å². The number of rotatable bonds is 13. The van der Waals surface area contributed by atoms with Crippen LogP contribution in [0.2, 0.25) is 0 Å². The second-order valence-electron chi connectivity index (χ2n) is 7.31. The van der Waals surface area contributed by atoms with Gasteiger partial charge in [0.15, 0.2) is 0 Å². The minimum absolute atomic E-state index is 0.0240. The first kappa shape index (κ1) is 28.4. The Bertz CT molecular complexity index is 1040. The Hall–Kier alpha value is -1.82. The zero-order chi connectivity index (χ0) is 25.3. The monoisotopic (exact) mass is 620 g/mol. The molecular formula is C21H27Br2N4O6P. The molecule has 1 atom stereocenters. The first-order valence-electron chi connectivity index (χ1n) is 10.3. The summed E-state index contributed by atoms with van der Waals surface area (Å²) < 4.78 is 24.8. The van der Waals surface area contributed by atoms with Crippen LogP contribution >= 0.6 is 39.5 Å². The van der Waals surface area contributed by atoms with E-state index in [0.29, 0.717) is 34.9 Å². The van der Waals surface area contributed by atoms with Crippen molar-refractivity contribution in [2.75, 3.05) is 37.8 Å². The molecule has 2 aromatic carbocycles. The Kier molecular flexibility index (Phi) is 11.1. The molecule has 10 nitrogen and oxygen atoms in total. The zero-order valence-electron chi connectivity index (χ0n) is 19.0. The maximum absolute atomic E-state index is 13.2. The standard InChI is InChI=1S/C21H27Br2N4O6P/c1-15(33-34(31,24-11-9-22)25-12-10-23)16-7-8-19(27(29)30)20(14-16)32-18-6-4-5-17(13-18)21(28)26(2)3/h4-8,13-15H,9-12H2,1-3H3,(H2,24,25,31). The molecule has 0 saturated heterocycles. The molecule has 2 aromatic rings. The van der Waals surface area contributed by atoms with Gasteiger partial charge in [0.25, 0.3) is 5.91 Å². The third-order valence-corrected chi connectivity index (χ3v) is 7.19. The van der Waals surface area contributed by atoms with Crippen LogP contribution in [0.25, 0.3) is 0 Å². The van der Waals surface area contributed by atoms with Gasteiger partial charge in [-0.1, -0.05) is 37.9 Å². The van der Waals surface area contributed by atoms with Crippen molar-refractivity contribution in [1.82, 2.24) is 15.1 Å². The summed E-state index contributed by atoms with van der Waals surface area (Å²) in [7, 11) is -0.133. The first-order valence-corrected chi connectivity index (χ1v) is 14.2. The van der Waals surface area contributed by atoms with Gasteiger partial charge in [0.05, 0.1) is 11.0 Å². The lowest BCUT2D eigenvalue weighted by molar-refractivity contribution is -0.385. The highest BCUT2D eigenvalue weighted by Gasteiger charge is 2.27. The van der Waals surface area contributed by atoms with Gasteiger partial charge >= 0.3 is 13.4 Å². The Labute approximate surface area is 215 Å². The van der Waals surface area contributed by atoms with Crippen LogP contribution in [-0.2, 0) is 9.09 Å². The van der Waals surface area contributed by atoms with Gasteiger partial charge in [0.2, 0.25) is 5.75 Å². The maximum atomic E-state index is 13.2. The summed E-state index contributed by atoms with van der Waals surface area (Å²) in [5.74, 6) is 0.0210. The van der Waals surface area contributed by atoms with Gasteiger partial charge in [0.1, 0.15) is 5.75 Å². The molecule has 0 saturated carbocycles. The van der Waals surface area contributed by atoms with Gasteiger partial charge in [-0.05, 0) is 42.8 Å². The van der Waals surface area contributed by atoms with E-state index in [0.717, 1.165) is 0 Å². The average molecular weight is 622 g/mol. The fourth-order valence-electron chi connectivity index (χ4n) is 2.89. The normalized spacial score (nSPS) is 12.3.